The van der Waals surface area contributed by atoms with Crippen molar-refractivity contribution < 1.29 is 4.43 Å². The first-order chi connectivity index (χ1) is 9.85. The zero-order valence-corrected chi connectivity index (χ0v) is 14.2. The fourth-order valence-electron chi connectivity index (χ4n) is 1.84. The third-order valence-corrected chi connectivity index (χ3v) is 3.53. The zero-order valence-electron chi connectivity index (χ0n) is 13.2. The minimum absolute atomic E-state index is 0.790. The van der Waals surface area contributed by atoms with Crippen molar-refractivity contribution in [3.05, 3.63) is 48.0 Å². The molecule has 0 aliphatic carbocycles. The summed E-state index contributed by atoms with van der Waals surface area (Å²) in [6, 6.07) is 7.86. The molecule has 1 aromatic heterocycles. The van der Waals surface area contributed by atoms with E-state index in [1.807, 2.05) is 38.1 Å². The highest BCUT2D eigenvalue weighted by molar-refractivity contribution is 6.70. The van der Waals surface area contributed by atoms with Gasteiger partial charge in [-0.3, -0.25) is 4.98 Å². The average Bonchev–Trinajstić information content (AvgIpc) is 2.39. The maximum absolute atomic E-state index is 6.09. The first kappa shape index (κ1) is 15.4. The van der Waals surface area contributed by atoms with Crippen LogP contribution in [0.3, 0.4) is 0 Å². The van der Waals surface area contributed by atoms with Crippen molar-refractivity contribution in [2.45, 2.75) is 33.5 Å². The van der Waals surface area contributed by atoms with E-state index in [2.05, 4.69) is 34.6 Å². The molecule has 2 aromatic rings. The van der Waals surface area contributed by atoms with Crippen molar-refractivity contribution in [3.8, 4) is 5.75 Å². The number of hydrogen-bond acceptors (Lipinski definition) is 4. The molecule has 1 aromatic carbocycles. The molecule has 0 spiro atoms. The molecular weight excluding hydrogens is 278 g/mol. The number of para-hydroxylation sites is 2. The van der Waals surface area contributed by atoms with E-state index in [1.54, 1.807) is 12.4 Å². The molecule has 0 unspecified atom stereocenters. The van der Waals surface area contributed by atoms with Crippen molar-refractivity contribution in [2.24, 2.45) is 4.99 Å². The van der Waals surface area contributed by atoms with Gasteiger partial charge in [0.15, 0.2) is 0 Å². The van der Waals surface area contributed by atoms with Crippen LogP contribution in [0.5, 0.6) is 5.75 Å². The molecule has 5 heteroatoms. The third-order valence-electron chi connectivity index (χ3n) is 2.70. The molecular formula is C16H21N3OSi. The Morgan fingerprint density at radius 3 is 2.52 bits per heavy atom. The van der Waals surface area contributed by atoms with E-state index in [0.717, 1.165) is 28.5 Å². The smallest absolute Gasteiger partial charge is 0.242 e. The first-order valence-electron chi connectivity index (χ1n) is 6.97. The molecule has 1 heterocycles. The predicted octanol–water partition coefficient (Wildman–Crippen LogP) is 4.14. The molecule has 0 N–H and O–H groups in total. The van der Waals surface area contributed by atoms with Crippen LogP contribution in [0.4, 0.5) is 5.69 Å². The van der Waals surface area contributed by atoms with E-state index in [1.165, 1.54) is 0 Å². The van der Waals surface area contributed by atoms with Gasteiger partial charge in [-0.1, -0.05) is 12.1 Å². The van der Waals surface area contributed by atoms with Crippen LogP contribution in [0.15, 0.2) is 41.7 Å². The average molecular weight is 299 g/mol. The molecule has 0 amide bonds. The zero-order chi connectivity index (χ0) is 15.5. The van der Waals surface area contributed by atoms with E-state index in [0.29, 0.717) is 0 Å². The lowest BCUT2D eigenvalue weighted by Crippen LogP contribution is -2.29. The van der Waals surface area contributed by atoms with Crippen molar-refractivity contribution in [2.75, 3.05) is 0 Å². The second-order valence-corrected chi connectivity index (χ2v) is 10.4. The molecule has 0 fully saturated rings. The summed E-state index contributed by atoms with van der Waals surface area (Å²) in [5.41, 5.74) is 3.34. The highest BCUT2D eigenvalue weighted by Gasteiger charge is 2.18. The van der Waals surface area contributed by atoms with Gasteiger partial charge in [-0.2, -0.15) is 0 Å². The summed E-state index contributed by atoms with van der Waals surface area (Å²) in [5, 5.41) is 0. The topological polar surface area (TPSA) is 47.4 Å². The molecule has 21 heavy (non-hydrogen) atoms. The number of aliphatic imine (C=N–C) groups is 1. The predicted molar refractivity (Wildman–Crippen MR) is 89.1 cm³/mol. The Hall–Kier alpha value is -2.01. The largest absolute Gasteiger partial charge is 0.543 e. The van der Waals surface area contributed by atoms with Crippen LogP contribution >= 0.6 is 0 Å². The monoisotopic (exact) mass is 299 g/mol. The first-order valence-corrected chi connectivity index (χ1v) is 10.4. The summed E-state index contributed by atoms with van der Waals surface area (Å²) >= 11 is 0. The lowest BCUT2D eigenvalue weighted by atomic mass is 10.2. The highest BCUT2D eigenvalue weighted by Crippen LogP contribution is 2.29. The Kier molecular flexibility index (Phi) is 4.52. The second kappa shape index (κ2) is 6.18. The van der Waals surface area contributed by atoms with Crippen molar-refractivity contribution >= 4 is 19.7 Å². The van der Waals surface area contributed by atoms with Gasteiger partial charge < -0.3 is 4.43 Å². The molecule has 4 nitrogen and oxygen atoms in total. The van der Waals surface area contributed by atoms with Gasteiger partial charge in [0, 0.05) is 6.20 Å². The SMILES string of the molecule is CC(=Nc1ccccc1O[Si](C)(C)C)c1cncc(C)n1. The van der Waals surface area contributed by atoms with Crippen LogP contribution in [0.2, 0.25) is 19.6 Å². The van der Waals surface area contributed by atoms with Crippen LogP contribution in [0.25, 0.3) is 0 Å². The molecule has 110 valence electrons. The van der Waals surface area contributed by atoms with Crippen LogP contribution in [0.1, 0.15) is 18.3 Å². The van der Waals surface area contributed by atoms with E-state index in [9.17, 15) is 0 Å². The van der Waals surface area contributed by atoms with Gasteiger partial charge in [0.2, 0.25) is 8.32 Å². The minimum Gasteiger partial charge on any atom is -0.543 e. The Morgan fingerprint density at radius 2 is 1.86 bits per heavy atom. The van der Waals surface area contributed by atoms with Crippen molar-refractivity contribution in [1.29, 1.82) is 0 Å². The van der Waals surface area contributed by atoms with Crippen LogP contribution in [-0.4, -0.2) is 24.0 Å². The van der Waals surface area contributed by atoms with E-state index in [-0.39, 0.29) is 0 Å². The molecule has 0 aliphatic rings. The summed E-state index contributed by atoms with van der Waals surface area (Å²) in [6.45, 7) is 10.3. The fraction of sp³-hybridized carbons (Fsp3) is 0.312. The van der Waals surface area contributed by atoms with Crippen LogP contribution in [-0.2, 0) is 0 Å². The Balaban J connectivity index is 2.36. The summed E-state index contributed by atoms with van der Waals surface area (Å²) < 4.78 is 6.09. The van der Waals surface area contributed by atoms with Crippen LogP contribution < -0.4 is 4.43 Å². The van der Waals surface area contributed by atoms with Gasteiger partial charge >= 0.3 is 0 Å². The summed E-state index contributed by atoms with van der Waals surface area (Å²) in [7, 11) is -1.67. The molecule has 0 saturated carbocycles. The Bertz CT molecular complexity index is 663. The number of nitrogens with zero attached hydrogens (tertiary/aromatic N) is 3. The third kappa shape index (κ3) is 4.49. The van der Waals surface area contributed by atoms with Crippen molar-refractivity contribution in [3.63, 3.8) is 0 Å². The number of hydrogen-bond donors (Lipinski definition) is 0. The van der Waals surface area contributed by atoms with E-state index in [4.69, 9.17) is 4.43 Å². The Labute approximate surface area is 127 Å². The summed E-state index contributed by atoms with van der Waals surface area (Å²) in [4.78, 5) is 13.3. The van der Waals surface area contributed by atoms with E-state index < -0.39 is 8.32 Å². The maximum atomic E-state index is 6.09. The molecule has 2 rings (SSSR count). The van der Waals surface area contributed by atoms with Gasteiger partial charge in [-0.15, -0.1) is 0 Å². The van der Waals surface area contributed by atoms with Gasteiger partial charge in [0.05, 0.1) is 17.6 Å². The fourth-order valence-corrected chi connectivity index (χ4v) is 2.67. The van der Waals surface area contributed by atoms with Gasteiger partial charge in [-0.25, -0.2) is 9.98 Å². The second-order valence-electron chi connectivity index (χ2n) is 5.93. The maximum Gasteiger partial charge on any atom is 0.242 e. The molecule has 0 aliphatic heterocycles. The Morgan fingerprint density at radius 1 is 1.14 bits per heavy atom. The van der Waals surface area contributed by atoms with Crippen molar-refractivity contribution in [1.82, 2.24) is 9.97 Å². The normalized spacial score (nSPS) is 12.3. The minimum atomic E-state index is -1.67. The summed E-state index contributed by atoms with van der Waals surface area (Å²) in [5.74, 6) is 0.830. The molecule has 0 saturated heterocycles. The quantitative estimate of drug-likeness (QED) is 0.629. The number of aryl methyl sites for hydroxylation is 1. The summed E-state index contributed by atoms with van der Waals surface area (Å²) in [6.07, 6.45) is 3.47. The van der Waals surface area contributed by atoms with E-state index >= 15 is 0 Å². The number of aromatic nitrogens is 2. The van der Waals surface area contributed by atoms with Gasteiger partial charge in [0.1, 0.15) is 17.1 Å². The standard InChI is InChI=1S/C16H21N3OSi/c1-12-10-17-11-15(18-12)13(2)19-14-8-6-7-9-16(14)20-21(3,4)5/h6-11H,1-5H3. The number of benzene rings is 1. The lowest BCUT2D eigenvalue weighted by Gasteiger charge is -2.20. The lowest BCUT2D eigenvalue weighted by molar-refractivity contribution is 0.559. The van der Waals surface area contributed by atoms with Gasteiger partial charge in [0.25, 0.3) is 0 Å². The van der Waals surface area contributed by atoms with Crippen LogP contribution in [0, 0.1) is 6.92 Å². The molecule has 0 atom stereocenters. The number of rotatable bonds is 4. The molecule has 0 bridgehead atoms. The highest BCUT2D eigenvalue weighted by atomic mass is 28.4. The van der Waals surface area contributed by atoms with Gasteiger partial charge in [-0.05, 0) is 45.6 Å². The molecule has 0 radical (unpaired) electrons.